The largest absolute Gasteiger partial charge is 0.497 e. The van der Waals surface area contributed by atoms with Gasteiger partial charge in [-0.25, -0.2) is 9.97 Å². The van der Waals surface area contributed by atoms with E-state index in [1.165, 1.54) is 11.9 Å². The third kappa shape index (κ3) is 8.67. The van der Waals surface area contributed by atoms with Crippen molar-refractivity contribution in [2.24, 2.45) is 0 Å². The minimum absolute atomic E-state index is 0.115. The lowest BCUT2D eigenvalue weighted by Crippen LogP contribution is -2.34. The predicted molar refractivity (Wildman–Crippen MR) is 167 cm³/mol. The molecular weight excluding hydrogens is 536 g/mol. The van der Waals surface area contributed by atoms with Crippen molar-refractivity contribution in [2.45, 2.75) is 38.0 Å². The molecule has 9 nitrogen and oxygen atoms in total. The van der Waals surface area contributed by atoms with Crippen LogP contribution in [0.3, 0.4) is 0 Å². The second-order valence-electron chi connectivity index (χ2n) is 9.47. The van der Waals surface area contributed by atoms with E-state index >= 15 is 0 Å². The molecule has 0 aliphatic rings. The zero-order chi connectivity index (χ0) is 29.0. The van der Waals surface area contributed by atoms with Crippen molar-refractivity contribution in [2.75, 3.05) is 42.1 Å². The van der Waals surface area contributed by atoms with Crippen molar-refractivity contribution >= 4 is 58.2 Å². The highest BCUT2D eigenvalue weighted by Gasteiger charge is 2.13. The summed E-state index contributed by atoms with van der Waals surface area (Å²) in [6.07, 6.45) is 3.08. The van der Waals surface area contributed by atoms with Crippen LogP contribution in [-0.2, 0) is 16.0 Å². The van der Waals surface area contributed by atoms with E-state index in [4.69, 9.17) is 14.7 Å². The van der Waals surface area contributed by atoms with E-state index in [0.717, 1.165) is 58.6 Å². The fraction of sp³-hybridized carbons (Fsp3) is 0.290. The van der Waals surface area contributed by atoms with Gasteiger partial charge in [0.15, 0.2) is 11.6 Å². The molecule has 41 heavy (non-hydrogen) atoms. The van der Waals surface area contributed by atoms with Crippen molar-refractivity contribution < 1.29 is 14.3 Å². The molecule has 0 radical (unpaired) electrons. The van der Waals surface area contributed by atoms with Crippen LogP contribution >= 0.6 is 11.9 Å². The van der Waals surface area contributed by atoms with Crippen LogP contribution in [0.4, 0.5) is 23.0 Å². The second kappa shape index (κ2) is 15.0. The van der Waals surface area contributed by atoms with Crippen LogP contribution in [0.2, 0.25) is 0 Å². The predicted octanol–water partition coefficient (Wildman–Crippen LogP) is 6.30. The molecule has 0 bridgehead atoms. The molecule has 0 unspecified atom stereocenters. The Bertz CT molecular complexity index is 1460. The molecule has 214 valence electrons. The number of aryl methyl sites for hydroxylation is 1. The molecular formula is C31H36N6O3S. The van der Waals surface area contributed by atoms with Gasteiger partial charge in [-0.15, -0.1) is 0 Å². The lowest BCUT2D eigenvalue weighted by molar-refractivity contribution is -0.117. The average molecular weight is 573 g/mol. The molecule has 0 aliphatic heterocycles. The van der Waals surface area contributed by atoms with Gasteiger partial charge < -0.3 is 24.9 Å². The van der Waals surface area contributed by atoms with Crippen molar-refractivity contribution in [1.29, 1.82) is 0 Å². The van der Waals surface area contributed by atoms with Gasteiger partial charge in [0, 0.05) is 35.3 Å². The molecule has 0 atom stereocenters. The molecule has 4 aromatic rings. The summed E-state index contributed by atoms with van der Waals surface area (Å²) in [6.45, 7) is 5.73. The van der Waals surface area contributed by atoms with E-state index in [9.17, 15) is 9.59 Å². The number of nitrogens with zero attached hydrogens (tertiary/aromatic N) is 3. The summed E-state index contributed by atoms with van der Waals surface area (Å²) >= 11 is 1.38. The number of hydrogen-bond acceptors (Lipinski definition) is 9. The maximum atomic E-state index is 12.7. The minimum atomic E-state index is -0.115. The lowest BCUT2D eigenvalue weighted by Gasteiger charge is -2.20. The van der Waals surface area contributed by atoms with Gasteiger partial charge in [0.1, 0.15) is 12.0 Å². The zero-order valence-electron chi connectivity index (χ0n) is 23.6. The number of amides is 1. The molecule has 3 N–H and O–H groups in total. The molecule has 4 rings (SSSR count). The van der Waals surface area contributed by atoms with Crippen LogP contribution < -0.4 is 20.1 Å². The first-order valence-corrected chi connectivity index (χ1v) is 14.5. The fourth-order valence-corrected chi connectivity index (χ4v) is 5.01. The Morgan fingerprint density at radius 3 is 2.44 bits per heavy atom. The normalized spacial score (nSPS) is 10.9. The quantitative estimate of drug-likeness (QED) is 0.112. The van der Waals surface area contributed by atoms with Gasteiger partial charge in [0.05, 0.1) is 24.7 Å². The number of anilines is 4. The Hall–Kier alpha value is -4.15. The number of para-hydroxylation sites is 2. The SMILES string of the molecule is CCCN(CCC=O)CC(=O)Nc1cccc(SNc2nc3ccccc3nc2Nc2cc(CC)cc(OC)c2)c1. The van der Waals surface area contributed by atoms with Gasteiger partial charge in [-0.1, -0.05) is 32.0 Å². The lowest BCUT2D eigenvalue weighted by atomic mass is 10.1. The number of nitrogens with one attached hydrogen (secondary N) is 3. The summed E-state index contributed by atoms with van der Waals surface area (Å²) in [7, 11) is 1.66. The number of carbonyl (C=O) groups excluding carboxylic acids is 2. The Morgan fingerprint density at radius 2 is 1.73 bits per heavy atom. The zero-order valence-corrected chi connectivity index (χ0v) is 24.5. The van der Waals surface area contributed by atoms with Crippen LogP contribution in [0, 0.1) is 0 Å². The summed E-state index contributed by atoms with van der Waals surface area (Å²) in [5, 5.41) is 6.39. The number of hydrogen-bond donors (Lipinski definition) is 3. The molecule has 1 heterocycles. The number of methoxy groups -OCH3 is 1. The molecule has 0 aliphatic carbocycles. The fourth-order valence-electron chi connectivity index (χ4n) is 4.32. The Kier molecular flexibility index (Phi) is 10.9. The highest BCUT2D eigenvalue weighted by molar-refractivity contribution is 8.00. The number of ether oxygens (including phenoxy) is 1. The summed E-state index contributed by atoms with van der Waals surface area (Å²) in [6, 6.07) is 21.4. The van der Waals surface area contributed by atoms with Gasteiger partial charge in [-0.3, -0.25) is 9.69 Å². The van der Waals surface area contributed by atoms with Crippen molar-refractivity contribution in [3.05, 3.63) is 72.3 Å². The number of aromatic nitrogens is 2. The van der Waals surface area contributed by atoms with Crippen molar-refractivity contribution in [1.82, 2.24) is 14.9 Å². The van der Waals surface area contributed by atoms with Crippen LogP contribution in [0.1, 0.15) is 32.3 Å². The first-order valence-electron chi connectivity index (χ1n) is 13.7. The smallest absolute Gasteiger partial charge is 0.238 e. The molecule has 1 amide bonds. The highest BCUT2D eigenvalue weighted by atomic mass is 32.2. The van der Waals surface area contributed by atoms with E-state index in [-0.39, 0.29) is 12.5 Å². The van der Waals surface area contributed by atoms with Crippen LogP contribution in [0.25, 0.3) is 11.0 Å². The number of aldehydes is 1. The minimum Gasteiger partial charge on any atom is -0.497 e. The number of carbonyl (C=O) groups is 2. The summed E-state index contributed by atoms with van der Waals surface area (Å²) in [4.78, 5) is 36.0. The van der Waals surface area contributed by atoms with Gasteiger partial charge in [-0.2, -0.15) is 0 Å². The van der Waals surface area contributed by atoms with Crippen LogP contribution in [0.5, 0.6) is 5.75 Å². The van der Waals surface area contributed by atoms with Crippen LogP contribution in [0.15, 0.2) is 71.6 Å². The monoisotopic (exact) mass is 572 g/mol. The number of fused-ring (bicyclic) bond motifs is 1. The van der Waals surface area contributed by atoms with E-state index in [2.05, 4.69) is 35.3 Å². The average Bonchev–Trinajstić information content (AvgIpc) is 2.98. The Morgan fingerprint density at radius 1 is 0.951 bits per heavy atom. The highest BCUT2D eigenvalue weighted by Crippen LogP contribution is 2.31. The second-order valence-corrected chi connectivity index (χ2v) is 10.3. The molecule has 0 spiro atoms. The maximum absolute atomic E-state index is 12.7. The van der Waals surface area contributed by atoms with Crippen molar-refractivity contribution in [3.63, 3.8) is 0 Å². The molecule has 0 fully saturated rings. The molecule has 3 aromatic carbocycles. The van der Waals surface area contributed by atoms with Gasteiger partial charge in [-0.05, 0) is 79.4 Å². The van der Waals surface area contributed by atoms with Gasteiger partial charge in [0.2, 0.25) is 5.91 Å². The van der Waals surface area contributed by atoms with E-state index in [1.807, 2.05) is 65.6 Å². The molecule has 1 aromatic heterocycles. The maximum Gasteiger partial charge on any atom is 0.238 e. The topological polar surface area (TPSA) is 108 Å². The number of benzene rings is 3. The number of rotatable bonds is 15. The molecule has 0 saturated carbocycles. The van der Waals surface area contributed by atoms with E-state index < -0.39 is 0 Å². The summed E-state index contributed by atoms with van der Waals surface area (Å²) in [5.41, 5.74) is 4.24. The van der Waals surface area contributed by atoms with Crippen LogP contribution in [-0.4, -0.2) is 53.8 Å². The van der Waals surface area contributed by atoms with Gasteiger partial charge in [0.25, 0.3) is 0 Å². The first-order chi connectivity index (χ1) is 20.0. The van der Waals surface area contributed by atoms with E-state index in [0.29, 0.717) is 30.3 Å². The Balaban J connectivity index is 1.50. The molecule has 0 saturated heterocycles. The Labute approximate surface area is 245 Å². The third-order valence-corrected chi connectivity index (χ3v) is 7.08. The van der Waals surface area contributed by atoms with E-state index in [1.54, 1.807) is 7.11 Å². The summed E-state index contributed by atoms with van der Waals surface area (Å²) < 4.78 is 8.83. The van der Waals surface area contributed by atoms with Gasteiger partial charge >= 0.3 is 0 Å². The molecule has 10 heteroatoms. The standard InChI is InChI=1S/C31H36N6O3S/c1-4-14-37(15-9-16-38)21-29(39)32-23-10-8-11-26(20-23)41-36-31-30(34-27-12-6-7-13-28(27)35-31)33-24-17-22(5-2)18-25(19-24)40-3/h6-8,10-13,16-20H,4-5,9,14-15,21H2,1-3H3,(H,32,39)(H,33,34)(H,35,36). The first kappa shape index (κ1) is 29.8. The summed E-state index contributed by atoms with van der Waals surface area (Å²) in [5.74, 6) is 1.82. The third-order valence-electron chi connectivity index (χ3n) is 6.30. The van der Waals surface area contributed by atoms with Crippen molar-refractivity contribution in [3.8, 4) is 5.75 Å².